The fraction of sp³-hybridized carbons (Fsp3) is 0.918. The number of aliphatic hydroxyl groups is 3. The number of hydrogen-bond acceptors (Lipinski definition) is 11. The Kier molecular flexibility index (Phi) is 37.4. The Balaban J connectivity index is 2.34. The van der Waals surface area contributed by atoms with Crippen molar-refractivity contribution in [2.45, 2.75) is 269 Å². The van der Waals surface area contributed by atoms with Crippen LogP contribution in [0.2, 0.25) is 0 Å². The van der Waals surface area contributed by atoms with Crippen molar-refractivity contribution in [2.75, 3.05) is 19.0 Å². The van der Waals surface area contributed by atoms with Gasteiger partial charge in [0.1, 0.15) is 36.8 Å². The zero-order valence-corrected chi connectivity index (χ0v) is 40.1. The van der Waals surface area contributed by atoms with E-state index in [2.05, 4.69) is 26.0 Å². The molecular formula is C49H92O12S. The molecule has 0 radical (unpaired) electrons. The van der Waals surface area contributed by atoms with E-state index in [1.165, 1.54) is 135 Å². The van der Waals surface area contributed by atoms with E-state index in [9.17, 15) is 37.9 Å². The van der Waals surface area contributed by atoms with Crippen LogP contribution in [0, 0.1) is 0 Å². The molecule has 0 aromatic carbocycles. The molecular weight excluding hydrogens is 813 g/mol. The number of aliphatic hydroxyl groups excluding tert-OH is 3. The summed E-state index contributed by atoms with van der Waals surface area (Å²) in [5.74, 6) is -1.98. The summed E-state index contributed by atoms with van der Waals surface area (Å²) >= 11 is 0. The molecule has 0 aliphatic carbocycles. The fourth-order valence-electron chi connectivity index (χ4n) is 7.91. The topological polar surface area (TPSA) is 186 Å². The van der Waals surface area contributed by atoms with Crippen molar-refractivity contribution in [3.8, 4) is 0 Å². The maximum atomic E-state index is 12.9. The zero-order valence-electron chi connectivity index (χ0n) is 39.2. The highest BCUT2D eigenvalue weighted by Crippen LogP contribution is 2.24. The molecule has 366 valence electrons. The third-order valence-electron chi connectivity index (χ3n) is 11.8. The lowest BCUT2D eigenvalue weighted by atomic mass is 10.00. The van der Waals surface area contributed by atoms with Gasteiger partial charge in [0.2, 0.25) is 0 Å². The van der Waals surface area contributed by atoms with Crippen molar-refractivity contribution < 1.29 is 56.8 Å². The predicted molar refractivity (Wildman–Crippen MR) is 247 cm³/mol. The third kappa shape index (κ3) is 33.8. The Morgan fingerprint density at radius 1 is 0.532 bits per heavy atom. The standard InChI is InChI=1S/C49H92O12S/c1-3-5-7-9-11-13-15-17-18-19-20-21-22-23-24-25-26-28-30-32-34-36-38-45(51)60-42(40-59-49-48(54)47(53)46(52)43(61-49)41-62(55,56)57)39-58-44(50)37-35-33-31-29-27-16-14-12-10-8-6-4-2/h12,14,42-43,46-49,52-54H,3-11,13,15-41H2,1-2H3,(H,55,56,57)/b14-12+/t42-,43-,46-,47?,48?,49+/m1/s1. The first kappa shape index (κ1) is 58.4. The van der Waals surface area contributed by atoms with Crippen molar-refractivity contribution in [1.82, 2.24) is 0 Å². The highest BCUT2D eigenvalue weighted by atomic mass is 32.2. The van der Waals surface area contributed by atoms with Crippen LogP contribution in [0.25, 0.3) is 0 Å². The van der Waals surface area contributed by atoms with Crippen LogP contribution in [0.5, 0.6) is 0 Å². The normalized spacial score (nSPS) is 19.9. The van der Waals surface area contributed by atoms with E-state index in [0.717, 1.165) is 57.8 Å². The fourth-order valence-corrected chi connectivity index (χ4v) is 8.60. The minimum absolute atomic E-state index is 0.169. The predicted octanol–water partition coefficient (Wildman–Crippen LogP) is 11.0. The van der Waals surface area contributed by atoms with Gasteiger partial charge in [-0.25, -0.2) is 0 Å². The van der Waals surface area contributed by atoms with E-state index >= 15 is 0 Å². The Labute approximate surface area is 377 Å². The van der Waals surface area contributed by atoms with Gasteiger partial charge in [0.05, 0.1) is 6.61 Å². The number of allylic oxidation sites excluding steroid dienone is 2. The number of hydrogen-bond donors (Lipinski definition) is 4. The second-order valence-electron chi connectivity index (χ2n) is 17.8. The van der Waals surface area contributed by atoms with Crippen molar-refractivity contribution in [3.05, 3.63) is 12.2 Å². The van der Waals surface area contributed by atoms with Crippen LogP contribution in [-0.4, -0.2) is 96.0 Å². The van der Waals surface area contributed by atoms with Crippen molar-refractivity contribution >= 4 is 22.1 Å². The van der Waals surface area contributed by atoms with Gasteiger partial charge in [-0.15, -0.1) is 0 Å². The maximum absolute atomic E-state index is 12.9. The molecule has 12 nitrogen and oxygen atoms in total. The molecule has 0 bridgehead atoms. The summed E-state index contributed by atoms with van der Waals surface area (Å²) in [6, 6.07) is 0. The summed E-state index contributed by atoms with van der Waals surface area (Å²) in [7, 11) is -4.60. The van der Waals surface area contributed by atoms with Gasteiger partial charge in [-0.2, -0.15) is 8.42 Å². The van der Waals surface area contributed by atoms with Gasteiger partial charge in [-0.1, -0.05) is 193 Å². The summed E-state index contributed by atoms with van der Waals surface area (Å²) in [6.07, 6.45) is 34.1. The lowest BCUT2D eigenvalue weighted by Gasteiger charge is -2.40. The Morgan fingerprint density at radius 2 is 0.919 bits per heavy atom. The first-order valence-corrected chi connectivity index (χ1v) is 26.9. The van der Waals surface area contributed by atoms with Gasteiger partial charge in [0.25, 0.3) is 10.1 Å². The van der Waals surface area contributed by atoms with E-state index in [0.29, 0.717) is 12.8 Å². The molecule has 1 heterocycles. The Hall–Kier alpha value is -1.61. The molecule has 0 amide bonds. The van der Waals surface area contributed by atoms with Crippen LogP contribution in [0.1, 0.15) is 232 Å². The van der Waals surface area contributed by atoms with Gasteiger partial charge in [0, 0.05) is 12.8 Å². The number of carbonyl (C=O) groups is 2. The molecule has 1 fully saturated rings. The molecule has 0 aromatic rings. The van der Waals surface area contributed by atoms with Gasteiger partial charge in [-0.3, -0.25) is 14.1 Å². The van der Waals surface area contributed by atoms with Crippen LogP contribution in [-0.2, 0) is 38.7 Å². The van der Waals surface area contributed by atoms with E-state index in [1.54, 1.807) is 0 Å². The third-order valence-corrected chi connectivity index (χ3v) is 12.6. The lowest BCUT2D eigenvalue weighted by molar-refractivity contribution is -0.297. The first-order chi connectivity index (χ1) is 30.0. The molecule has 2 unspecified atom stereocenters. The molecule has 4 N–H and O–H groups in total. The average molecular weight is 905 g/mol. The molecule has 13 heteroatoms. The number of rotatable bonds is 43. The molecule has 62 heavy (non-hydrogen) atoms. The molecule has 1 aliphatic rings. The summed E-state index contributed by atoms with van der Waals surface area (Å²) in [5, 5.41) is 30.9. The zero-order chi connectivity index (χ0) is 45.5. The van der Waals surface area contributed by atoms with Gasteiger partial charge < -0.3 is 34.3 Å². The van der Waals surface area contributed by atoms with E-state index < -0.39 is 71.2 Å². The summed E-state index contributed by atoms with van der Waals surface area (Å²) in [4.78, 5) is 25.4. The van der Waals surface area contributed by atoms with Crippen LogP contribution < -0.4 is 0 Å². The maximum Gasteiger partial charge on any atom is 0.306 e. The van der Waals surface area contributed by atoms with Gasteiger partial charge >= 0.3 is 11.9 Å². The molecule has 0 spiro atoms. The monoisotopic (exact) mass is 905 g/mol. The number of ether oxygens (including phenoxy) is 4. The minimum Gasteiger partial charge on any atom is -0.462 e. The molecule has 1 aliphatic heterocycles. The summed E-state index contributed by atoms with van der Waals surface area (Å²) in [5.41, 5.74) is 0. The van der Waals surface area contributed by atoms with Gasteiger partial charge in [0.15, 0.2) is 12.4 Å². The van der Waals surface area contributed by atoms with Crippen LogP contribution >= 0.6 is 0 Å². The molecule has 0 saturated carbocycles. The molecule has 6 atom stereocenters. The quantitative estimate of drug-likeness (QED) is 0.0197. The number of esters is 2. The Morgan fingerprint density at radius 3 is 1.37 bits per heavy atom. The highest BCUT2D eigenvalue weighted by molar-refractivity contribution is 7.85. The molecule has 1 saturated heterocycles. The van der Waals surface area contributed by atoms with Crippen molar-refractivity contribution in [3.63, 3.8) is 0 Å². The molecule has 0 aromatic heterocycles. The molecule has 1 rings (SSSR count). The first-order valence-electron chi connectivity index (χ1n) is 25.2. The van der Waals surface area contributed by atoms with Crippen molar-refractivity contribution in [2.24, 2.45) is 0 Å². The smallest absolute Gasteiger partial charge is 0.306 e. The highest BCUT2D eigenvalue weighted by Gasteiger charge is 2.46. The van der Waals surface area contributed by atoms with Crippen LogP contribution in [0.3, 0.4) is 0 Å². The van der Waals surface area contributed by atoms with E-state index in [4.69, 9.17) is 18.9 Å². The SMILES string of the molecule is CCCCC/C=C/CCCCCCCC(=O)OC[C@H](CO[C@H]1O[C@H](CS(=O)(=O)O)[C@@H](O)C(O)C1O)OC(=O)CCCCCCCCCCCCCCCCCCCCCCCC. The summed E-state index contributed by atoms with van der Waals surface area (Å²) < 4.78 is 54.1. The van der Waals surface area contributed by atoms with Crippen LogP contribution in [0.15, 0.2) is 12.2 Å². The minimum atomic E-state index is -4.60. The van der Waals surface area contributed by atoms with Crippen LogP contribution in [0.4, 0.5) is 0 Å². The van der Waals surface area contributed by atoms with Gasteiger partial charge in [-0.05, 0) is 38.5 Å². The second kappa shape index (κ2) is 39.7. The number of carbonyl (C=O) groups excluding carboxylic acids is 2. The number of unbranched alkanes of at least 4 members (excludes halogenated alkanes) is 29. The lowest BCUT2D eigenvalue weighted by Crippen LogP contribution is -2.60. The summed E-state index contributed by atoms with van der Waals surface area (Å²) in [6.45, 7) is 3.76. The second-order valence-corrected chi connectivity index (χ2v) is 19.3. The van der Waals surface area contributed by atoms with E-state index in [1.807, 2.05) is 0 Å². The van der Waals surface area contributed by atoms with Crippen molar-refractivity contribution in [1.29, 1.82) is 0 Å². The van der Waals surface area contributed by atoms with E-state index in [-0.39, 0.29) is 19.4 Å². The Bertz CT molecular complexity index is 1200. The average Bonchev–Trinajstić information content (AvgIpc) is 3.24. The largest absolute Gasteiger partial charge is 0.462 e.